The molecule has 0 aliphatic heterocycles. The van der Waals surface area contributed by atoms with Crippen LogP contribution in [0.4, 0.5) is 5.69 Å². The fourth-order valence-electron chi connectivity index (χ4n) is 1.51. The molecule has 0 aliphatic carbocycles. The number of rotatable bonds is 6. The first kappa shape index (κ1) is 14.4. The van der Waals surface area contributed by atoms with E-state index >= 15 is 0 Å². The summed E-state index contributed by atoms with van der Waals surface area (Å²) in [5, 5.41) is 7.75. The second-order valence-electron chi connectivity index (χ2n) is 3.94. The van der Waals surface area contributed by atoms with Crippen LogP contribution < -0.4 is 15.2 Å². The summed E-state index contributed by atoms with van der Waals surface area (Å²) in [7, 11) is -3.80. The zero-order valence-electron chi connectivity index (χ0n) is 10.9. The molecule has 0 atom stereocenters. The molecule has 0 aliphatic rings. The Morgan fingerprint density at radius 1 is 1.35 bits per heavy atom. The summed E-state index contributed by atoms with van der Waals surface area (Å²) in [6, 6.07) is 6.42. The Balaban J connectivity index is 1.96. The van der Waals surface area contributed by atoms with Crippen molar-refractivity contribution in [2.75, 3.05) is 11.9 Å². The number of anilines is 1. The number of nitrogens with zero attached hydrogens (tertiary/aromatic N) is 1. The van der Waals surface area contributed by atoms with Crippen molar-refractivity contribution < 1.29 is 17.6 Å². The van der Waals surface area contributed by atoms with E-state index in [0.717, 1.165) is 5.69 Å². The summed E-state index contributed by atoms with van der Waals surface area (Å²) in [5.74, 6) is 1.01. The third-order valence-corrected chi connectivity index (χ3v) is 3.19. The SMILES string of the molecule is CCOc1ccc(NCc2ccc(S(N)(=O)=O)o2)cn1. The van der Waals surface area contributed by atoms with E-state index in [-0.39, 0.29) is 5.09 Å². The van der Waals surface area contributed by atoms with Gasteiger partial charge in [-0.3, -0.25) is 0 Å². The maximum Gasteiger partial charge on any atom is 0.271 e. The lowest BCUT2D eigenvalue weighted by atomic mass is 10.4. The molecule has 0 amide bonds. The first-order chi connectivity index (χ1) is 9.49. The molecule has 8 heteroatoms. The lowest BCUT2D eigenvalue weighted by Gasteiger charge is -2.05. The summed E-state index contributed by atoms with van der Waals surface area (Å²) in [6.07, 6.45) is 1.62. The summed E-state index contributed by atoms with van der Waals surface area (Å²) in [5.41, 5.74) is 0.766. The summed E-state index contributed by atoms with van der Waals surface area (Å²) in [4.78, 5) is 4.09. The molecule has 3 N–H and O–H groups in total. The van der Waals surface area contributed by atoms with Crippen molar-refractivity contribution in [2.24, 2.45) is 5.14 Å². The quantitative estimate of drug-likeness (QED) is 0.833. The van der Waals surface area contributed by atoms with Crippen LogP contribution in [0.15, 0.2) is 40.0 Å². The molecule has 20 heavy (non-hydrogen) atoms. The van der Waals surface area contributed by atoms with Gasteiger partial charge in [-0.05, 0) is 25.1 Å². The number of aromatic nitrogens is 1. The molecule has 7 nitrogen and oxygen atoms in total. The molecule has 2 heterocycles. The molecule has 0 unspecified atom stereocenters. The van der Waals surface area contributed by atoms with Crippen LogP contribution in [-0.4, -0.2) is 20.0 Å². The first-order valence-corrected chi connectivity index (χ1v) is 7.48. The highest BCUT2D eigenvalue weighted by Gasteiger charge is 2.12. The summed E-state index contributed by atoms with van der Waals surface area (Å²) < 4.78 is 32.5. The van der Waals surface area contributed by atoms with E-state index in [0.29, 0.717) is 24.8 Å². The van der Waals surface area contributed by atoms with Gasteiger partial charge in [0.1, 0.15) is 5.76 Å². The molecule has 0 saturated carbocycles. The number of primary sulfonamides is 1. The van der Waals surface area contributed by atoms with E-state index < -0.39 is 10.0 Å². The molecule has 0 bridgehead atoms. The molecular formula is C12H15N3O4S. The van der Waals surface area contributed by atoms with Crippen LogP contribution in [0.3, 0.4) is 0 Å². The van der Waals surface area contributed by atoms with Gasteiger partial charge in [-0.1, -0.05) is 0 Å². The molecule has 108 valence electrons. The molecule has 0 spiro atoms. The maximum atomic E-state index is 11.1. The molecule has 0 saturated heterocycles. The van der Waals surface area contributed by atoms with Crippen LogP contribution in [0.2, 0.25) is 0 Å². The van der Waals surface area contributed by atoms with Crippen LogP contribution in [0, 0.1) is 0 Å². The number of furan rings is 1. The third-order valence-electron chi connectivity index (χ3n) is 2.41. The number of ether oxygens (including phenoxy) is 1. The van der Waals surface area contributed by atoms with Crippen molar-refractivity contribution in [3.8, 4) is 5.88 Å². The van der Waals surface area contributed by atoms with Gasteiger partial charge in [-0.25, -0.2) is 18.5 Å². The third kappa shape index (κ3) is 3.72. The number of nitrogens with two attached hydrogens (primary N) is 1. The molecule has 2 aromatic rings. The summed E-state index contributed by atoms with van der Waals surface area (Å²) >= 11 is 0. The minimum Gasteiger partial charge on any atom is -0.478 e. The van der Waals surface area contributed by atoms with E-state index in [1.54, 1.807) is 18.3 Å². The van der Waals surface area contributed by atoms with Crippen molar-refractivity contribution in [1.82, 2.24) is 4.98 Å². The molecule has 0 fully saturated rings. The monoisotopic (exact) mass is 297 g/mol. The van der Waals surface area contributed by atoms with Gasteiger partial charge < -0.3 is 14.5 Å². The second kappa shape index (κ2) is 5.93. The van der Waals surface area contributed by atoms with Crippen LogP contribution in [-0.2, 0) is 16.6 Å². The van der Waals surface area contributed by atoms with Crippen LogP contribution in [0.5, 0.6) is 5.88 Å². The van der Waals surface area contributed by atoms with Crippen molar-refractivity contribution in [3.63, 3.8) is 0 Å². The van der Waals surface area contributed by atoms with Crippen molar-refractivity contribution in [2.45, 2.75) is 18.6 Å². The number of pyridine rings is 1. The van der Waals surface area contributed by atoms with Gasteiger partial charge >= 0.3 is 0 Å². The van der Waals surface area contributed by atoms with E-state index in [2.05, 4.69) is 10.3 Å². The minimum atomic E-state index is -3.80. The Hall–Kier alpha value is -2.06. The van der Waals surface area contributed by atoms with Crippen LogP contribution in [0.1, 0.15) is 12.7 Å². The fourth-order valence-corrected chi connectivity index (χ4v) is 1.99. The van der Waals surface area contributed by atoms with Gasteiger partial charge in [0.25, 0.3) is 10.0 Å². The van der Waals surface area contributed by atoms with Gasteiger partial charge in [0.15, 0.2) is 0 Å². The van der Waals surface area contributed by atoms with E-state index in [1.807, 2.05) is 13.0 Å². The first-order valence-electron chi connectivity index (χ1n) is 5.93. The molecule has 2 aromatic heterocycles. The Morgan fingerprint density at radius 2 is 2.15 bits per heavy atom. The number of hydrogen-bond donors (Lipinski definition) is 2. The van der Waals surface area contributed by atoms with Crippen LogP contribution in [0.25, 0.3) is 0 Å². The predicted octanol–water partition coefficient (Wildman–Crippen LogP) is 1.33. The van der Waals surface area contributed by atoms with Gasteiger partial charge in [0, 0.05) is 6.07 Å². The lowest BCUT2D eigenvalue weighted by Crippen LogP contribution is -2.10. The zero-order valence-corrected chi connectivity index (χ0v) is 11.7. The Morgan fingerprint density at radius 3 is 2.70 bits per heavy atom. The Labute approximate surface area is 116 Å². The van der Waals surface area contributed by atoms with Crippen LogP contribution >= 0.6 is 0 Å². The lowest BCUT2D eigenvalue weighted by molar-refractivity contribution is 0.327. The largest absolute Gasteiger partial charge is 0.478 e. The normalized spacial score (nSPS) is 11.3. The standard InChI is InChI=1S/C12H15N3O4S/c1-2-18-11-5-3-9(7-15-11)14-8-10-4-6-12(19-10)20(13,16)17/h3-7,14H,2,8H2,1H3,(H2,13,16,17). The zero-order chi connectivity index (χ0) is 14.6. The van der Waals surface area contributed by atoms with E-state index in [9.17, 15) is 8.42 Å². The average Bonchev–Trinajstić information content (AvgIpc) is 2.87. The number of sulfonamides is 1. The second-order valence-corrected chi connectivity index (χ2v) is 5.43. The van der Waals surface area contributed by atoms with E-state index in [4.69, 9.17) is 14.3 Å². The topological polar surface area (TPSA) is 107 Å². The van der Waals surface area contributed by atoms with Gasteiger partial charge in [0.2, 0.25) is 11.0 Å². The smallest absolute Gasteiger partial charge is 0.271 e. The molecule has 2 rings (SSSR count). The fraction of sp³-hybridized carbons (Fsp3) is 0.250. The van der Waals surface area contributed by atoms with Crippen molar-refractivity contribution >= 4 is 15.7 Å². The summed E-state index contributed by atoms with van der Waals surface area (Å²) in [6.45, 7) is 2.77. The maximum absolute atomic E-state index is 11.1. The van der Waals surface area contributed by atoms with Gasteiger partial charge in [-0.15, -0.1) is 0 Å². The number of nitrogens with one attached hydrogen (secondary N) is 1. The molecular weight excluding hydrogens is 282 g/mol. The average molecular weight is 297 g/mol. The Kier molecular flexibility index (Phi) is 4.26. The minimum absolute atomic E-state index is 0.251. The highest BCUT2D eigenvalue weighted by molar-refractivity contribution is 7.89. The molecule has 0 radical (unpaired) electrons. The van der Waals surface area contributed by atoms with Gasteiger partial charge in [0.05, 0.1) is 25.0 Å². The van der Waals surface area contributed by atoms with Crippen molar-refractivity contribution in [3.05, 3.63) is 36.2 Å². The van der Waals surface area contributed by atoms with Gasteiger partial charge in [-0.2, -0.15) is 0 Å². The highest BCUT2D eigenvalue weighted by Crippen LogP contribution is 2.15. The molecule has 0 aromatic carbocycles. The highest BCUT2D eigenvalue weighted by atomic mass is 32.2. The predicted molar refractivity (Wildman–Crippen MR) is 72.8 cm³/mol. The van der Waals surface area contributed by atoms with E-state index in [1.165, 1.54) is 6.07 Å². The van der Waals surface area contributed by atoms with Crippen molar-refractivity contribution in [1.29, 1.82) is 0 Å². The number of hydrogen-bond acceptors (Lipinski definition) is 6. The Bertz CT molecular complexity index is 664.